The molecule has 0 aliphatic heterocycles. The highest BCUT2D eigenvalue weighted by Crippen LogP contribution is 2.22. The van der Waals surface area contributed by atoms with Crippen molar-refractivity contribution in [1.29, 1.82) is 0 Å². The molecule has 3 heteroatoms. The highest BCUT2D eigenvalue weighted by atomic mass is 35.5. The molecule has 0 amide bonds. The molecule has 1 atom stereocenters. The lowest BCUT2D eigenvalue weighted by atomic mass is 10.1. The molecule has 0 aromatic heterocycles. The maximum atomic E-state index is 13.1. The maximum Gasteiger partial charge on any atom is 0.127 e. The molecule has 0 heterocycles. The van der Waals surface area contributed by atoms with Crippen LogP contribution in [-0.2, 0) is 0 Å². The number of rotatable bonds is 3. The normalized spacial score (nSPS) is 12.9. The molecule has 1 aromatic rings. The molecule has 1 nitrogen and oxygen atoms in total. The van der Waals surface area contributed by atoms with Gasteiger partial charge in [0.25, 0.3) is 0 Å². The fourth-order valence-corrected chi connectivity index (χ4v) is 1.08. The molecule has 1 rings (SSSR count). The van der Waals surface area contributed by atoms with Crippen molar-refractivity contribution in [2.75, 3.05) is 6.61 Å². The van der Waals surface area contributed by atoms with Crippen molar-refractivity contribution < 1.29 is 9.50 Å². The van der Waals surface area contributed by atoms with E-state index in [1.54, 1.807) is 24.3 Å². The lowest BCUT2D eigenvalue weighted by Gasteiger charge is -2.05. The first-order valence-electron chi connectivity index (χ1n) is 3.74. The Morgan fingerprint density at radius 3 is 2.42 bits per heavy atom. The van der Waals surface area contributed by atoms with Crippen molar-refractivity contribution in [3.05, 3.63) is 34.9 Å². The standard InChI is InChI=1S/C9H10ClFO/c10-8-3-1-7(2-4-8)9(11)5-6-12/h1-4,9,12H,5-6H2. The van der Waals surface area contributed by atoms with E-state index in [-0.39, 0.29) is 13.0 Å². The number of aliphatic hydroxyl groups excluding tert-OH is 1. The first kappa shape index (κ1) is 9.49. The maximum absolute atomic E-state index is 13.1. The molecule has 1 aromatic carbocycles. The summed E-state index contributed by atoms with van der Waals surface area (Å²) in [5, 5.41) is 9.08. The molecule has 1 unspecified atom stereocenters. The van der Waals surface area contributed by atoms with E-state index in [0.717, 1.165) is 0 Å². The fraction of sp³-hybridized carbons (Fsp3) is 0.333. The molecule has 66 valence electrons. The van der Waals surface area contributed by atoms with Crippen molar-refractivity contribution in [2.24, 2.45) is 0 Å². The van der Waals surface area contributed by atoms with Gasteiger partial charge in [-0.05, 0) is 17.7 Å². The predicted molar refractivity (Wildman–Crippen MR) is 47.0 cm³/mol. The van der Waals surface area contributed by atoms with E-state index >= 15 is 0 Å². The average molecular weight is 189 g/mol. The van der Waals surface area contributed by atoms with Crippen molar-refractivity contribution in [2.45, 2.75) is 12.6 Å². The van der Waals surface area contributed by atoms with E-state index in [2.05, 4.69) is 0 Å². The van der Waals surface area contributed by atoms with Crippen LogP contribution in [0, 0.1) is 0 Å². The Bertz CT molecular complexity index is 235. The first-order chi connectivity index (χ1) is 5.74. The van der Waals surface area contributed by atoms with Crippen LogP contribution in [0.5, 0.6) is 0 Å². The lowest BCUT2D eigenvalue weighted by Crippen LogP contribution is -1.94. The van der Waals surface area contributed by atoms with Crippen LogP contribution in [0.1, 0.15) is 18.2 Å². The number of halogens is 2. The minimum Gasteiger partial charge on any atom is -0.396 e. The summed E-state index contributed by atoms with van der Waals surface area (Å²) in [6, 6.07) is 6.53. The number of hydrogen-bond donors (Lipinski definition) is 1. The summed E-state index contributed by atoms with van der Waals surface area (Å²) in [6.07, 6.45) is -0.950. The lowest BCUT2D eigenvalue weighted by molar-refractivity contribution is 0.222. The van der Waals surface area contributed by atoms with E-state index < -0.39 is 6.17 Å². The van der Waals surface area contributed by atoms with Gasteiger partial charge in [0.1, 0.15) is 6.17 Å². The second-order valence-corrected chi connectivity index (χ2v) is 2.97. The monoisotopic (exact) mass is 188 g/mol. The summed E-state index contributed by atoms with van der Waals surface area (Å²) in [4.78, 5) is 0. The third-order valence-electron chi connectivity index (χ3n) is 1.61. The van der Waals surface area contributed by atoms with Gasteiger partial charge in [-0.15, -0.1) is 0 Å². The Morgan fingerprint density at radius 1 is 1.33 bits per heavy atom. The van der Waals surface area contributed by atoms with E-state index in [9.17, 15) is 4.39 Å². The number of alkyl halides is 1. The number of hydrogen-bond acceptors (Lipinski definition) is 1. The zero-order chi connectivity index (χ0) is 8.97. The zero-order valence-electron chi connectivity index (χ0n) is 6.50. The van der Waals surface area contributed by atoms with Gasteiger partial charge in [0.2, 0.25) is 0 Å². The van der Waals surface area contributed by atoms with Crippen molar-refractivity contribution in [1.82, 2.24) is 0 Å². The summed E-state index contributed by atoms with van der Waals surface area (Å²) in [5.74, 6) is 0. The third-order valence-corrected chi connectivity index (χ3v) is 1.87. The minimum absolute atomic E-state index is 0.135. The summed E-state index contributed by atoms with van der Waals surface area (Å²) in [6.45, 7) is -0.135. The molecule has 12 heavy (non-hydrogen) atoms. The van der Waals surface area contributed by atoms with Gasteiger partial charge in [0.15, 0.2) is 0 Å². The molecule has 0 aliphatic rings. The van der Waals surface area contributed by atoms with Crippen LogP contribution in [0.3, 0.4) is 0 Å². The second-order valence-electron chi connectivity index (χ2n) is 2.53. The van der Waals surface area contributed by atoms with Gasteiger partial charge in [-0.1, -0.05) is 23.7 Å². The minimum atomic E-state index is -1.09. The van der Waals surface area contributed by atoms with Gasteiger partial charge < -0.3 is 5.11 Å². The first-order valence-corrected chi connectivity index (χ1v) is 4.12. The summed E-state index contributed by atoms with van der Waals surface area (Å²) in [7, 11) is 0. The predicted octanol–water partition coefficient (Wildman–Crippen LogP) is 2.73. The van der Waals surface area contributed by atoms with Crippen LogP contribution < -0.4 is 0 Å². The van der Waals surface area contributed by atoms with E-state index in [4.69, 9.17) is 16.7 Å². The molecule has 0 spiro atoms. The van der Waals surface area contributed by atoms with Crippen LogP contribution >= 0.6 is 11.6 Å². The highest BCUT2D eigenvalue weighted by molar-refractivity contribution is 6.30. The molecule has 0 saturated heterocycles. The molecule has 0 aliphatic carbocycles. The van der Waals surface area contributed by atoms with Crippen LogP contribution in [0.15, 0.2) is 24.3 Å². The van der Waals surface area contributed by atoms with E-state index in [0.29, 0.717) is 10.6 Å². The largest absolute Gasteiger partial charge is 0.396 e. The van der Waals surface area contributed by atoms with Gasteiger partial charge in [-0.25, -0.2) is 4.39 Å². The van der Waals surface area contributed by atoms with E-state index in [1.807, 2.05) is 0 Å². The highest BCUT2D eigenvalue weighted by Gasteiger charge is 2.07. The Morgan fingerprint density at radius 2 is 1.92 bits per heavy atom. The fourth-order valence-electron chi connectivity index (χ4n) is 0.952. The second kappa shape index (κ2) is 4.43. The third kappa shape index (κ3) is 2.47. The number of aliphatic hydroxyl groups is 1. The molecule has 0 fully saturated rings. The molecule has 0 radical (unpaired) electrons. The van der Waals surface area contributed by atoms with Gasteiger partial charge in [-0.3, -0.25) is 0 Å². The smallest absolute Gasteiger partial charge is 0.127 e. The molecule has 0 saturated carbocycles. The van der Waals surface area contributed by atoms with Crippen LogP contribution in [0.25, 0.3) is 0 Å². The molecule has 0 bridgehead atoms. The topological polar surface area (TPSA) is 20.2 Å². The van der Waals surface area contributed by atoms with Crippen LogP contribution in [-0.4, -0.2) is 11.7 Å². The van der Waals surface area contributed by atoms with Crippen molar-refractivity contribution >= 4 is 11.6 Å². The Hall–Kier alpha value is -0.600. The summed E-state index contributed by atoms with van der Waals surface area (Å²) >= 11 is 5.62. The zero-order valence-corrected chi connectivity index (χ0v) is 7.26. The SMILES string of the molecule is OCCC(F)c1ccc(Cl)cc1. The Balaban J connectivity index is 2.68. The Kier molecular flexibility index (Phi) is 3.50. The van der Waals surface area contributed by atoms with Gasteiger partial charge >= 0.3 is 0 Å². The van der Waals surface area contributed by atoms with Crippen LogP contribution in [0.4, 0.5) is 4.39 Å². The Labute approximate surface area is 75.8 Å². The number of benzene rings is 1. The van der Waals surface area contributed by atoms with Gasteiger partial charge in [0, 0.05) is 18.1 Å². The van der Waals surface area contributed by atoms with E-state index in [1.165, 1.54) is 0 Å². The quantitative estimate of drug-likeness (QED) is 0.774. The molecular weight excluding hydrogens is 179 g/mol. The molecular formula is C9H10ClFO. The van der Waals surface area contributed by atoms with Crippen LogP contribution in [0.2, 0.25) is 5.02 Å². The van der Waals surface area contributed by atoms with Gasteiger partial charge in [-0.2, -0.15) is 0 Å². The van der Waals surface area contributed by atoms with Crippen molar-refractivity contribution in [3.8, 4) is 0 Å². The average Bonchev–Trinajstić information content (AvgIpc) is 2.06. The van der Waals surface area contributed by atoms with Gasteiger partial charge in [0.05, 0.1) is 0 Å². The summed E-state index contributed by atoms with van der Waals surface area (Å²) < 4.78 is 13.1. The molecule has 1 N–H and O–H groups in total. The summed E-state index contributed by atoms with van der Waals surface area (Å²) in [5.41, 5.74) is 0.563. The van der Waals surface area contributed by atoms with Crippen molar-refractivity contribution in [3.63, 3.8) is 0 Å².